The molecule has 1 aromatic carbocycles. The van der Waals surface area contributed by atoms with Crippen LogP contribution in [0.5, 0.6) is 0 Å². The maximum absolute atomic E-state index is 5.36. The van der Waals surface area contributed by atoms with E-state index >= 15 is 0 Å². The maximum Gasteiger partial charge on any atom is 0.0313 e. The molecule has 1 aromatic rings. The molecule has 0 aliphatic carbocycles. The van der Waals surface area contributed by atoms with Crippen LogP contribution in [0.3, 0.4) is 0 Å². The minimum absolute atomic E-state index is 0. The van der Waals surface area contributed by atoms with E-state index in [0.29, 0.717) is 0 Å². The SMILES string of the molecule is Nc1ccccc1.[V]. The number of anilines is 1. The molecule has 8 heavy (non-hydrogen) atoms. The summed E-state index contributed by atoms with van der Waals surface area (Å²) in [6.07, 6.45) is 0. The molecule has 1 radical (unpaired) electrons. The first kappa shape index (κ1) is 7.60. The fourth-order valence-corrected chi connectivity index (χ4v) is 0.453. The van der Waals surface area contributed by atoms with E-state index in [1.165, 1.54) is 0 Å². The average molecular weight is 144 g/mol. The molecule has 1 rings (SSSR count). The monoisotopic (exact) mass is 144 g/mol. The van der Waals surface area contributed by atoms with Gasteiger partial charge in [0.2, 0.25) is 0 Å². The first-order valence-corrected chi connectivity index (χ1v) is 2.20. The maximum atomic E-state index is 5.36. The fourth-order valence-electron chi connectivity index (χ4n) is 0.453. The van der Waals surface area contributed by atoms with Crippen molar-refractivity contribution in [2.45, 2.75) is 0 Å². The van der Waals surface area contributed by atoms with Gasteiger partial charge in [-0.25, -0.2) is 0 Å². The van der Waals surface area contributed by atoms with Crippen molar-refractivity contribution in [1.82, 2.24) is 0 Å². The van der Waals surface area contributed by atoms with Gasteiger partial charge in [-0.1, -0.05) is 18.2 Å². The van der Waals surface area contributed by atoms with E-state index in [1.54, 1.807) is 0 Å². The Labute approximate surface area is 60.8 Å². The topological polar surface area (TPSA) is 26.0 Å². The third kappa shape index (κ3) is 2.05. The van der Waals surface area contributed by atoms with Gasteiger partial charge in [0.25, 0.3) is 0 Å². The normalized spacial score (nSPS) is 7.50. The summed E-state index contributed by atoms with van der Waals surface area (Å²) in [4.78, 5) is 0. The Morgan fingerprint density at radius 1 is 1.00 bits per heavy atom. The predicted octanol–water partition coefficient (Wildman–Crippen LogP) is 1.27. The minimum Gasteiger partial charge on any atom is -0.399 e. The summed E-state index contributed by atoms with van der Waals surface area (Å²) in [5.74, 6) is 0. The van der Waals surface area contributed by atoms with Crippen LogP contribution in [0.15, 0.2) is 30.3 Å². The number of nitrogens with two attached hydrogens (primary N) is 1. The molecule has 0 saturated heterocycles. The van der Waals surface area contributed by atoms with Crippen LogP contribution in [-0.4, -0.2) is 0 Å². The largest absolute Gasteiger partial charge is 0.399 e. The van der Waals surface area contributed by atoms with Gasteiger partial charge < -0.3 is 5.73 Å². The first-order valence-electron chi connectivity index (χ1n) is 2.20. The van der Waals surface area contributed by atoms with Gasteiger partial charge in [0.15, 0.2) is 0 Å². The first-order chi connectivity index (χ1) is 3.39. The van der Waals surface area contributed by atoms with E-state index in [4.69, 9.17) is 5.73 Å². The van der Waals surface area contributed by atoms with Crippen LogP contribution in [-0.2, 0) is 18.6 Å². The molecule has 0 spiro atoms. The number of rotatable bonds is 0. The van der Waals surface area contributed by atoms with E-state index in [0.717, 1.165) is 5.69 Å². The van der Waals surface area contributed by atoms with E-state index < -0.39 is 0 Å². The molecule has 0 heterocycles. The summed E-state index contributed by atoms with van der Waals surface area (Å²) in [5.41, 5.74) is 6.18. The summed E-state index contributed by atoms with van der Waals surface area (Å²) in [6.45, 7) is 0. The van der Waals surface area contributed by atoms with Gasteiger partial charge in [-0.3, -0.25) is 0 Å². The van der Waals surface area contributed by atoms with Gasteiger partial charge in [-0.05, 0) is 12.1 Å². The van der Waals surface area contributed by atoms with Crippen LogP contribution in [0.4, 0.5) is 5.69 Å². The van der Waals surface area contributed by atoms with Crippen molar-refractivity contribution < 1.29 is 18.6 Å². The van der Waals surface area contributed by atoms with Crippen molar-refractivity contribution in [3.63, 3.8) is 0 Å². The molecule has 0 bridgehead atoms. The van der Waals surface area contributed by atoms with Gasteiger partial charge in [0.1, 0.15) is 0 Å². The summed E-state index contributed by atoms with van der Waals surface area (Å²) in [6, 6.07) is 9.49. The molecule has 0 unspecified atom stereocenters. The number of nitrogen functional groups attached to an aromatic ring is 1. The van der Waals surface area contributed by atoms with E-state index in [2.05, 4.69) is 0 Å². The molecule has 0 atom stereocenters. The van der Waals surface area contributed by atoms with Crippen LogP contribution < -0.4 is 5.73 Å². The number of hydrogen-bond acceptors (Lipinski definition) is 1. The van der Waals surface area contributed by atoms with Crippen molar-refractivity contribution in [3.05, 3.63) is 30.3 Å². The summed E-state index contributed by atoms with van der Waals surface area (Å²) >= 11 is 0. The molecule has 0 aliphatic rings. The van der Waals surface area contributed by atoms with Crippen LogP contribution in [0.2, 0.25) is 0 Å². The Kier molecular flexibility index (Phi) is 3.41. The molecule has 2 heteroatoms. The Balaban J connectivity index is 0.000000490. The molecule has 2 N–H and O–H groups in total. The van der Waals surface area contributed by atoms with Gasteiger partial charge in [0, 0.05) is 24.2 Å². The van der Waals surface area contributed by atoms with Crippen LogP contribution in [0, 0.1) is 0 Å². The van der Waals surface area contributed by atoms with E-state index in [1.807, 2.05) is 30.3 Å². The van der Waals surface area contributed by atoms with Crippen molar-refractivity contribution >= 4 is 5.69 Å². The molecule has 0 saturated carbocycles. The molecule has 0 amide bonds. The Bertz CT molecular complexity index is 138. The van der Waals surface area contributed by atoms with Crippen LogP contribution >= 0.6 is 0 Å². The van der Waals surface area contributed by atoms with Gasteiger partial charge >= 0.3 is 0 Å². The molecular weight excluding hydrogens is 137 g/mol. The smallest absolute Gasteiger partial charge is 0.0313 e. The second kappa shape index (κ2) is 3.59. The zero-order valence-electron chi connectivity index (χ0n) is 4.41. The standard InChI is InChI=1S/C6H7N.V/c7-6-4-2-1-3-5-6;/h1-5H,7H2;. The van der Waals surface area contributed by atoms with Crippen LogP contribution in [0.25, 0.3) is 0 Å². The van der Waals surface area contributed by atoms with Crippen molar-refractivity contribution in [1.29, 1.82) is 0 Å². The van der Waals surface area contributed by atoms with Gasteiger partial charge in [-0.2, -0.15) is 0 Å². The zero-order valence-corrected chi connectivity index (χ0v) is 5.81. The van der Waals surface area contributed by atoms with Crippen molar-refractivity contribution in [3.8, 4) is 0 Å². The number of hydrogen-bond donors (Lipinski definition) is 1. The van der Waals surface area contributed by atoms with E-state index in [9.17, 15) is 0 Å². The molecule has 1 nitrogen and oxygen atoms in total. The van der Waals surface area contributed by atoms with Crippen molar-refractivity contribution in [2.75, 3.05) is 5.73 Å². The van der Waals surface area contributed by atoms with Gasteiger partial charge in [0.05, 0.1) is 0 Å². The quantitative estimate of drug-likeness (QED) is 0.545. The van der Waals surface area contributed by atoms with E-state index in [-0.39, 0.29) is 18.6 Å². The Hall–Kier alpha value is -0.396. The van der Waals surface area contributed by atoms with Crippen molar-refractivity contribution in [2.24, 2.45) is 0 Å². The zero-order chi connectivity index (χ0) is 5.11. The summed E-state index contributed by atoms with van der Waals surface area (Å²) < 4.78 is 0. The Morgan fingerprint density at radius 3 is 1.75 bits per heavy atom. The number of para-hydroxylation sites is 1. The molecule has 0 aliphatic heterocycles. The van der Waals surface area contributed by atoms with Gasteiger partial charge in [-0.15, -0.1) is 0 Å². The average Bonchev–Trinajstić information content (AvgIpc) is 1.69. The summed E-state index contributed by atoms with van der Waals surface area (Å²) in [7, 11) is 0. The third-order valence-corrected chi connectivity index (χ3v) is 0.800. The molecule has 0 fully saturated rings. The molecular formula is C6H7NV. The molecule has 0 aromatic heterocycles. The predicted molar refractivity (Wildman–Crippen MR) is 30.9 cm³/mol. The fraction of sp³-hybridized carbons (Fsp3) is 0. The molecule has 41 valence electrons. The Morgan fingerprint density at radius 2 is 1.50 bits per heavy atom. The second-order valence-electron chi connectivity index (χ2n) is 1.41. The minimum atomic E-state index is 0. The third-order valence-electron chi connectivity index (χ3n) is 0.800. The summed E-state index contributed by atoms with van der Waals surface area (Å²) in [5, 5.41) is 0. The van der Waals surface area contributed by atoms with Crippen LogP contribution in [0.1, 0.15) is 0 Å². The number of benzene rings is 1. The second-order valence-corrected chi connectivity index (χ2v) is 1.41.